The minimum atomic E-state index is -0.505. The van der Waals surface area contributed by atoms with Gasteiger partial charge in [-0.05, 0) is 44.7 Å². The lowest BCUT2D eigenvalue weighted by atomic mass is 10.1. The minimum Gasteiger partial charge on any atom is -0.503 e. The van der Waals surface area contributed by atoms with Gasteiger partial charge in [0, 0.05) is 19.6 Å². The van der Waals surface area contributed by atoms with Gasteiger partial charge in [-0.15, -0.1) is 0 Å². The van der Waals surface area contributed by atoms with Crippen LogP contribution in [0.2, 0.25) is 5.28 Å². The first-order valence-electron chi connectivity index (χ1n) is 7.18. The Kier molecular flexibility index (Phi) is 4.95. The van der Waals surface area contributed by atoms with E-state index in [1.54, 1.807) is 0 Å². The van der Waals surface area contributed by atoms with E-state index in [4.69, 9.17) is 16.3 Å². The molecule has 1 aliphatic heterocycles. The quantitative estimate of drug-likeness (QED) is 0.827. The molecule has 1 aromatic heterocycles. The first kappa shape index (κ1) is 16.6. The maximum absolute atomic E-state index is 11.6. The van der Waals surface area contributed by atoms with Gasteiger partial charge in [0.1, 0.15) is 5.60 Å². The van der Waals surface area contributed by atoms with Crippen molar-refractivity contribution >= 4 is 23.5 Å². The van der Waals surface area contributed by atoms with Gasteiger partial charge in [-0.3, -0.25) is 0 Å². The number of aromatic nitrogens is 2. The number of aromatic hydroxyl groups is 1. The monoisotopic (exact) mass is 328 g/mol. The number of ether oxygens (including phenoxy) is 1. The van der Waals surface area contributed by atoms with Crippen LogP contribution in [0.5, 0.6) is 5.75 Å². The van der Waals surface area contributed by atoms with Crippen LogP contribution in [-0.2, 0) is 4.74 Å². The molecule has 0 bridgehead atoms. The van der Waals surface area contributed by atoms with Gasteiger partial charge in [-0.25, -0.2) is 9.78 Å². The average molecular weight is 329 g/mol. The van der Waals surface area contributed by atoms with Crippen molar-refractivity contribution in [3.63, 3.8) is 0 Å². The number of hydrogen-bond donors (Lipinski definition) is 2. The third-order valence-corrected chi connectivity index (χ3v) is 3.42. The summed E-state index contributed by atoms with van der Waals surface area (Å²) < 4.78 is 5.20. The second kappa shape index (κ2) is 6.56. The van der Waals surface area contributed by atoms with E-state index in [-0.39, 0.29) is 17.0 Å². The lowest BCUT2D eigenvalue weighted by Crippen LogP contribution is -2.36. The molecule has 2 N–H and O–H groups in total. The van der Waals surface area contributed by atoms with Crippen LogP contribution < -0.4 is 10.2 Å². The number of alkyl carbamates (subject to hydrolysis) is 1. The van der Waals surface area contributed by atoms with E-state index in [9.17, 15) is 9.90 Å². The largest absolute Gasteiger partial charge is 0.503 e. The molecule has 1 fully saturated rings. The minimum absolute atomic E-state index is 0.00477. The molecule has 1 aromatic rings. The van der Waals surface area contributed by atoms with Crippen LogP contribution in [0.25, 0.3) is 0 Å². The van der Waals surface area contributed by atoms with Crippen LogP contribution in [0.15, 0.2) is 6.20 Å². The molecule has 122 valence electrons. The molecule has 22 heavy (non-hydrogen) atoms. The summed E-state index contributed by atoms with van der Waals surface area (Å²) in [6, 6.07) is 0. The molecule has 0 unspecified atom stereocenters. The molecule has 1 atom stereocenters. The molecule has 0 aliphatic carbocycles. The highest BCUT2D eigenvalue weighted by atomic mass is 35.5. The molecule has 1 saturated heterocycles. The van der Waals surface area contributed by atoms with Crippen molar-refractivity contribution in [3.05, 3.63) is 11.5 Å². The Hall–Kier alpha value is -1.76. The molecule has 8 heteroatoms. The van der Waals surface area contributed by atoms with Gasteiger partial charge < -0.3 is 20.1 Å². The zero-order valence-corrected chi connectivity index (χ0v) is 13.7. The smallest absolute Gasteiger partial charge is 0.407 e. The van der Waals surface area contributed by atoms with E-state index in [1.165, 1.54) is 6.20 Å². The summed E-state index contributed by atoms with van der Waals surface area (Å²) in [5, 5.41) is 12.7. The molecule has 1 amide bonds. The van der Waals surface area contributed by atoms with Crippen LogP contribution in [0.3, 0.4) is 0 Å². The van der Waals surface area contributed by atoms with E-state index in [0.29, 0.717) is 18.9 Å². The van der Waals surface area contributed by atoms with E-state index in [0.717, 1.165) is 13.0 Å². The summed E-state index contributed by atoms with van der Waals surface area (Å²) in [6.07, 6.45) is 1.76. The van der Waals surface area contributed by atoms with Crippen molar-refractivity contribution in [2.75, 3.05) is 24.5 Å². The molecule has 0 spiro atoms. The standard InChI is InChI=1S/C14H21ClN4O3/c1-14(2,3)22-13(21)17-6-9-4-5-19(8-9)11-10(20)7-16-12(15)18-11/h7,9,20H,4-6,8H2,1-3H3,(H,17,21)/t9-/m0/s1. The number of anilines is 1. The van der Waals surface area contributed by atoms with Crippen LogP contribution in [0, 0.1) is 5.92 Å². The van der Waals surface area contributed by atoms with Crippen LogP contribution in [-0.4, -0.2) is 46.4 Å². The number of nitrogens with zero attached hydrogens (tertiary/aromatic N) is 3. The third-order valence-electron chi connectivity index (χ3n) is 3.24. The van der Waals surface area contributed by atoms with Gasteiger partial charge in [-0.1, -0.05) is 0 Å². The number of amides is 1. The number of rotatable bonds is 3. The highest BCUT2D eigenvalue weighted by Crippen LogP contribution is 2.29. The molecular weight excluding hydrogens is 308 g/mol. The number of halogens is 1. The summed E-state index contributed by atoms with van der Waals surface area (Å²) in [5.41, 5.74) is -0.505. The summed E-state index contributed by atoms with van der Waals surface area (Å²) >= 11 is 5.76. The fourth-order valence-corrected chi connectivity index (χ4v) is 2.44. The topological polar surface area (TPSA) is 87.6 Å². The first-order valence-corrected chi connectivity index (χ1v) is 7.55. The summed E-state index contributed by atoms with van der Waals surface area (Å²) in [6.45, 7) is 7.41. The van der Waals surface area contributed by atoms with Crippen LogP contribution >= 0.6 is 11.6 Å². The van der Waals surface area contributed by atoms with Crippen molar-refractivity contribution in [1.82, 2.24) is 15.3 Å². The van der Waals surface area contributed by atoms with Gasteiger partial charge >= 0.3 is 6.09 Å². The second-order valence-corrected chi connectivity index (χ2v) is 6.67. The number of carbonyl (C=O) groups is 1. The highest BCUT2D eigenvalue weighted by molar-refractivity contribution is 6.28. The van der Waals surface area contributed by atoms with E-state index in [1.807, 2.05) is 25.7 Å². The van der Waals surface area contributed by atoms with E-state index < -0.39 is 11.7 Å². The maximum atomic E-state index is 11.6. The Morgan fingerprint density at radius 2 is 2.32 bits per heavy atom. The second-order valence-electron chi connectivity index (χ2n) is 6.33. The normalized spacial score (nSPS) is 18.4. The zero-order valence-electron chi connectivity index (χ0n) is 13.0. The van der Waals surface area contributed by atoms with Crippen molar-refractivity contribution in [1.29, 1.82) is 0 Å². The van der Waals surface area contributed by atoms with Crippen molar-refractivity contribution in [3.8, 4) is 5.75 Å². The predicted molar refractivity (Wildman–Crippen MR) is 83.3 cm³/mol. The fraction of sp³-hybridized carbons (Fsp3) is 0.643. The molecular formula is C14H21ClN4O3. The SMILES string of the molecule is CC(C)(C)OC(=O)NC[C@@H]1CCN(c2nc(Cl)ncc2O)C1. The lowest BCUT2D eigenvalue weighted by Gasteiger charge is -2.21. The molecule has 2 heterocycles. The predicted octanol–water partition coefficient (Wildman–Crippen LogP) is 2.19. The number of carbonyl (C=O) groups excluding carboxylic acids is 1. The molecule has 1 aliphatic rings. The highest BCUT2D eigenvalue weighted by Gasteiger charge is 2.26. The molecule has 0 radical (unpaired) electrons. The van der Waals surface area contributed by atoms with Crippen molar-refractivity contribution in [2.45, 2.75) is 32.8 Å². The van der Waals surface area contributed by atoms with Gasteiger partial charge in [0.25, 0.3) is 0 Å². The Balaban J connectivity index is 1.85. The van der Waals surface area contributed by atoms with Gasteiger partial charge in [0.2, 0.25) is 5.28 Å². The van der Waals surface area contributed by atoms with Crippen molar-refractivity contribution in [2.24, 2.45) is 5.92 Å². The molecule has 2 rings (SSSR count). The lowest BCUT2D eigenvalue weighted by molar-refractivity contribution is 0.0520. The molecule has 7 nitrogen and oxygen atoms in total. The van der Waals surface area contributed by atoms with Crippen LogP contribution in [0.4, 0.5) is 10.6 Å². The van der Waals surface area contributed by atoms with Crippen LogP contribution in [0.1, 0.15) is 27.2 Å². The maximum Gasteiger partial charge on any atom is 0.407 e. The van der Waals surface area contributed by atoms with Gasteiger partial charge in [-0.2, -0.15) is 4.98 Å². The Labute approximate surface area is 134 Å². The van der Waals surface area contributed by atoms with E-state index >= 15 is 0 Å². The zero-order chi connectivity index (χ0) is 16.3. The Morgan fingerprint density at radius 3 is 3.00 bits per heavy atom. The van der Waals surface area contributed by atoms with E-state index in [2.05, 4.69) is 15.3 Å². The summed E-state index contributed by atoms with van der Waals surface area (Å²) in [5.74, 6) is 0.700. The number of hydrogen-bond acceptors (Lipinski definition) is 6. The summed E-state index contributed by atoms with van der Waals surface area (Å²) in [4.78, 5) is 21.4. The third kappa shape index (κ3) is 4.62. The Morgan fingerprint density at radius 1 is 1.59 bits per heavy atom. The molecule has 0 saturated carbocycles. The summed E-state index contributed by atoms with van der Waals surface area (Å²) in [7, 11) is 0. The first-order chi connectivity index (χ1) is 10.2. The number of nitrogens with one attached hydrogen (secondary N) is 1. The van der Waals surface area contributed by atoms with Gasteiger partial charge in [0.15, 0.2) is 11.6 Å². The van der Waals surface area contributed by atoms with Crippen molar-refractivity contribution < 1.29 is 14.6 Å². The fourth-order valence-electron chi connectivity index (χ4n) is 2.31. The average Bonchev–Trinajstić information content (AvgIpc) is 2.86. The van der Waals surface area contributed by atoms with Gasteiger partial charge in [0.05, 0.1) is 6.20 Å². The Bertz CT molecular complexity index is 547. The molecule has 0 aromatic carbocycles.